The molecule has 2 aromatic rings. The Bertz CT molecular complexity index is 573. The van der Waals surface area contributed by atoms with Crippen molar-refractivity contribution >= 4 is 11.4 Å². The van der Waals surface area contributed by atoms with E-state index in [1.54, 1.807) is 4.52 Å². The molecule has 6 nitrogen and oxygen atoms in total. The highest BCUT2D eigenvalue weighted by molar-refractivity contribution is 6.01. The molecule has 1 amide bonds. The molecule has 1 aliphatic rings. The first kappa shape index (κ1) is 8.37. The van der Waals surface area contributed by atoms with Crippen molar-refractivity contribution in [3.8, 4) is 0 Å². The molecule has 0 radical (unpaired) electrons. The average molecular weight is 203 g/mol. The van der Waals surface area contributed by atoms with Gasteiger partial charge in [0.15, 0.2) is 5.69 Å². The van der Waals surface area contributed by atoms with Gasteiger partial charge in [0.25, 0.3) is 5.91 Å². The molecule has 0 bridgehead atoms. The molecule has 1 aliphatic heterocycles. The molecular weight excluding hydrogens is 194 g/mol. The topological polar surface area (TPSA) is 76.5 Å². The van der Waals surface area contributed by atoms with Gasteiger partial charge in [0, 0.05) is 11.3 Å². The minimum absolute atomic E-state index is 0.256. The Morgan fingerprint density at radius 3 is 3.13 bits per heavy atom. The van der Waals surface area contributed by atoms with E-state index in [9.17, 15) is 4.79 Å². The highest BCUT2D eigenvalue weighted by Crippen LogP contribution is 2.24. The lowest BCUT2D eigenvalue weighted by molar-refractivity contribution is 0.0730. The number of aryl methyl sites for hydroxylation is 1. The lowest BCUT2D eigenvalue weighted by Gasteiger charge is -2.20. The number of carbonyl (C=O) groups is 1. The van der Waals surface area contributed by atoms with Crippen LogP contribution in [0.5, 0.6) is 0 Å². The maximum atomic E-state index is 11.7. The highest BCUT2D eigenvalue weighted by atomic mass is 16.2. The maximum Gasteiger partial charge on any atom is 0.288 e. The van der Waals surface area contributed by atoms with Crippen LogP contribution in [0.2, 0.25) is 0 Å². The Balaban J connectivity index is 2.47. The van der Waals surface area contributed by atoms with Crippen molar-refractivity contribution in [2.75, 3.05) is 0 Å². The molecule has 76 valence electrons. The number of hydrogen-bond donors (Lipinski definition) is 1. The van der Waals surface area contributed by atoms with Crippen LogP contribution in [-0.2, 0) is 6.54 Å². The monoisotopic (exact) mass is 203 g/mol. The number of nitrogens with zero attached hydrogens (tertiary/aromatic N) is 4. The number of nitrogens with two attached hydrogens (primary N) is 1. The Kier molecular flexibility index (Phi) is 1.42. The lowest BCUT2D eigenvalue weighted by atomic mass is 10.1. The zero-order chi connectivity index (χ0) is 10.6. The predicted octanol–water partition coefficient (Wildman–Crippen LogP) is -0.133. The van der Waals surface area contributed by atoms with Gasteiger partial charge in [0.05, 0.1) is 6.54 Å². The van der Waals surface area contributed by atoms with Crippen molar-refractivity contribution in [2.45, 2.75) is 13.5 Å². The zero-order valence-electron chi connectivity index (χ0n) is 8.14. The van der Waals surface area contributed by atoms with Crippen LogP contribution in [0.25, 0.3) is 5.52 Å². The van der Waals surface area contributed by atoms with Gasteiger partial charge >= 0.3 is 0 Å². The second-order valence-electron chi connectivity index (χ2n) is 3.61. The van der Waals surface area contributed by atoms with Crippen LogP contribution in [0.1, 0.15) is 21.7 Å². The third kappa shape index (κ3) is 0.937. The van der Waals surface area contributed by atoms with Crippen LogP contribution < -0.4 is 5.84 Å². The number of hydrazine groups is 1. The van der Waals surface area contributed by atoms with E-state index in [1.165, 1.54) is 11.3 Å². The molecule has 0 unspecified atom stereocenters. The van der Waals surface area contributed by atoms with Crippen molar-refractivity contribution in [3.63, 3.8) is 0 Å². The largest absolute Gasteiger partial charge is 0.288 e. The quantitative estimate of drug-likeness (QED) is 0.478. The molecule has 0 atom stereocenters. The van der Waals surface area contributed by atoms with Crippen LogP contribution in [0.3, 0.4) is 0 Å². The molecule has 0 aromatic carbocycles. The van der Waals surface area contributed by atoms with E-state index in [2.05, 4.69) is 10.1 Å². The first-order valence-electron chi connectivity index (χ1n) is 4.57. The van der Waals surface area contributed by atoms with Gasteiger partial charge in [0.1, 0.15) is 11.8 Å². The highest BCUT2D eigenvalue weighted by Gasteiger charge is 2.27. The summed E-state index contributed by atoms with van der Waals surface area (Å²) in [5.41, 5.74) is 3.13. The van der Waals surface area contributed by atoms with E-state index >= 15 is 0 Å². The summed E-state index contributed by atoms with van der Waals surface area (Å²) in [5, 5.41) is 5.27. The van der Waals surface area contributed by atoms with Crippen molar-refractivity contribution < 1.29 is 4.79 Å². The lowest BCUT2D eigenvalue weighted by Crippen LogP contribution is -2.40. The predicted molar refractivity (Wildman–Crippen MR) is 51.8 cm³/mol. The molecule has 0 saturated heterocycles. The van der Waals surface area contributed by atoms with E-state index < -0.39 is 0 Å². The van der Waals surface area contributed by atoms with E-state index in [-0.39, 0.29) is 5.91 Å². The minimum atomic E-state index is -0.256. The molecule has 2 aromatic heterocycles. The molecular formula is C9H9N5O. The standard InChI is InChI=1S/C9H9N5O/c1-5-2-6-3-13(10)9(15)7-8(6)14(5)12-4-11-7/h2,4H,3,10H2,1H3. The molecule has 3 rings (SSSR count). The number of aromatic nitrogens is 3. The summed E-state index contributed by atoms with van der Waals surface area (Å²) >= 11 is 0. The summed E-state index contributed by atoms with van der Waals surface area (Å²) in [7, 11) is 0. The van der Waals surface area contributed by atoms with Gasteiger partial charge in [-0.15, -0.1) is 0 Å². The van der Waals surface area contributed by atoms with Gasteiger partial charge in [-0.25, -0.2) is 15.3 Å². The van der Waals surface area contributed by atoms with Gasteiger partial charge in [-0.05, 0) is 13.0 Å². The fraction of sp³-hybridized carbons (Fsp3) is 0.222. The molecule has 0 spiro atoms. The van der Waals surface area contributed by atoms with E-state index in [0.717, 1.165) is 16.8 Å². The first-order chi connectivity index (χ1) is 7.18. The fourth-order valence-electron chi connectivity index (χ4n) is 1.96. The Morgan fingerprint density at radius 2 is 2.33 bits per heavy atom. The number of hydrogen-bond acceptors (Lipinski definition) is 4. The van der Waals surface area contributed by atoms with Gasteiger partial charge in [-0.2, -0.15) is 5.10 Å². The molecule has 3 heterocycles. The van der Waals surface area contributed by atoms with Crippen LogP contribution in [-0.4, -0.2) is 25.5 Å². The maximum absolute atomic E-state index is 11.7. The molecule has 6 heteroatoms. The Hall–Kier alpha value is -1.95. The summed E-state index contributed by atoms with van der Waals surface area (Å²) < 4.78 is 1.72. The summed E-state index contributed by atoms with van der Waals surface area (Å²) in [5.74, 6) is 5.34. The summed E-state index contributed by atoms with van der Waals surface area (Å²) in [6.07, 6.45) is 1.37. The van der Waals surface area contributed by atoms with Crippen molar-refractivity contribution in [1.29, 1.82) is 0 Å². The fourth-order valence-corrected chi connectivity index (χ4v) is 1.96. The summed E-state index contributed by atoms with van der Waals surface area (Å²) in [6.45, 7) is 2.35. The van der Waals surface area contributed by atoms with Crippen molar-refractivity contribution in [3.05, 3.63) is 29.3 Å². The number of rotatable bonds is 0. The molecule has 0 saturated carbocycles. The van der Waals surface area contributed by atoms with Gasteiger partial charge in [-0.3, -0.25) is 9.80 Å². The second kappa shape index (κ2) is 2.54. The minimum Gasteiger partial charge on any atom is -0.271 e. The van der Waals surface area contributed by atoms with Gasteiger partial charge < -0.3 is 0 Å². The smallest absolute Gasteiger partial charge is 0.271 e. The van der Waals surface area contributed by atoms with Gasteiger partial charge in [-0.1, -0.05) is 0 Å². The van der Waals surface area contributed by atoms with Crippen molar-refractivity contribution in [2.24, 2.45) is 5.84 Å². The third-order valence-electron chi connectivity index (χ3n) is 2.62. The van der Waals surface area contributed by atoms with Crippen LogP contribution in [0, 0.1) is 6.92 Å². The second-order valence-corrected chi connectivity index (χ2v) is 3.61. The van der Waals surface area contributed by atoms with Crippen molar-refractivity contribution in [1.82, 2.24) is 19.6 Å². The third-order valence-corrected chi connectivity index (χ3v) is 2.62. The zero-order valence-corrected chi connectivity index (χ0v) is 8.14. The molecule has 2 N–H and O–H groups in total. The van der Waals surface area contributed by atoms with Crippen LogP contribution >= 0.6 is 0 Å². The van der Waals surface area contributed by atoms with Crippen LogP contribution in [0.15, 0.2) is 12.4 Å². The summed E-state index contributed by atoms with van der Waals surface area (Å²) in [4.78, 5) is 15.7. The first-order valence-corrected chi connectivity index (χ1v) is 4.57. The Labute approximate surface area is 85.3 Å². The van der Waals surface area contributed by atoms with E-state index in [1.807, 2.05) is 13.0 Å². The molecule has 0 aliphatic carbocycles. The summed E-state index contributed by atoms with van der Waals surface area (Å²) in [6, 6.07) is 1.97. The van der Waals surface area contributed by atoms with E-state index in [0.29, 0.717) is 12.2 Å². The molecule has 15 heavy (non-hydrogen) atoms. The number of amides is 1. The normalized spacial score (nSPS) is 15.1. The van der Waals surface area contributed by atoms with Gasteiger partial charge in [0.2, 0.25) is 0 Å². The van der Waals surface area contributed by atoms with E-state index in [4.69, 9.17) is 5.84 Å². The van der Waals surface area contributed by atoms with Crippen LogP contribution in [0.4, 0.5) is 0 Å². The number of carbonyl (C=O) groups excluding carboxylic acids is 1. The Morgan fingerprint density at radius 1 is 1.53 bits per heavy atom. The SMILES string of the molecule is Cc1cc2c3c(ncnn13)C(=O)N(N)C2. The molecule has 0 fully saturated rings. The average Bonchev–Trinajstić information content (AvgIpc) is 2.54.